The third-order valence-corrected chi connectivity index (χ3v) is 5.82. The fraction of sp³-hybridized carbons (Fsp3) is 0.417. The summed E-state index contributed by atoms with van der Waals surface area (Å²) in [5, 5.41) is 5.41. The molecule has 31 heavy (non-hydrogen) atoms. The van der Waals surface area contributed by atoms with Crippen LogP contribution in [0.15, 0.2) is 48.5 Å². The van der Waals surface area contributed by atoms with Gasteiger partial charge in [-0.15, -0.1) is 0 Å². The Morgan fingerprint density at radius 2 is 1.71 bits per heavy atom. The number of hydrogen-bond donors (Lipinski definition) is 3. The Morgan fingerprint density at radius 3 is 2.39 bits per heavy atom. The Hall–Kier alpha value is -2.90. The second-order valence-electron chi connectivity index (χ2n) is 8.10. The van der Waals surface area contributed by atoms with Gasteiger partial charge in [0.25, 0.3) is 0 Å². The van der Waals surface area contributed by atoms with Gasteiger partial charge < -0.3 is 25.2 Å². The number of nitrogens with one attached hydrogen (secondary N) is 3. The van der Waals surface area contributed by atoms with Crippen molar-refractivity contribution < 1.29 is 19.2 Å². The highest BCUT2D eigenvalue weighted by atomic mass is 16.5. The fourth-order valence-corrected chi connectivity index (χ4v) is 4.02. The van der Waals surface area contributed by atoms with Crippen LogP contribution in [0.1, 0.15) is 22.7 Å². The first kappa shape index (κ1) is 22.8. The molecule has 1 unspecified atom stereocenters. The van der Waals surface area contributed by atoms with Crippen LogP contribution >= 0.6 is 0 Å². The lowest BCUT2D eigenvalue weighted by Gasteiger charge is -2.33. The Labute approximate surface area is 184 Å². The molecule has 0 spiro atoms. The Balaban J connectivity index is 1.73. The van der Waals surface area contributed by atoms with Gasteiger partial charge in [0.2, 0.25) is 0 Å². The molecule has 2 amide bonds. The molecule has 2 aromatic rings. The molecule has 3 N–H and O–H groups in total. The second-order valence-corrected chi connectivity index (χ2v) is 8.10. The summed E-state index contributed by atoms with van der Waals surface area (Å²) in [5.41, 5.74) is 5.03. The van der Waals surface area contributed by atoms with Crippen LogP contribution in [0.2, 0.25) is 0 Å². The van der Waals surface area contributed by atoms with Crippen LogP contribution in [0.5, 0.6) is 0 Å². The van der Waals surface area contributed by atoms with Gasteiger partial charge in [-0.05, 0) is 17.7 Å². The topological polar surface area (TPSA) is 75.1 Å². The highest BCUT2D eigenvalue weighted by Gasteiger charge is 2.29. The molecule has 7 nitrogen and oxygen atoms in total. The van der Waals surface area contributed by atoms with Crippen molar-refractivity contribution in [1.82, 2.24) is 10.6 Å². The second kappa shape index (κ2) is 10.9. The van der Waals surface area contributed by atoms with E-state index in [1.54, 1.807) is 7.11 Å². The van der Waals surface area contributed by atoms with Crippen LogP contribution in [0, 0.1) is 0 Å². The molecule has 7 heteroatoms. The van der Waals surface area contributed by atoms with Gasteiger partial charge in [0, 0.05) is 51.0 Å². The summed E-state index contributed by atoms with van der Waals surface area (Å²) in [5.74, 6) is -1.24. The van der Waals surface area contributed by atoms with Gasteiger partial charge in [0.15, 0.2) is 0 Å². The number of ether oxygens (including phenoxy) is 1. The first-order chi connectivity index (χ1) is 15.0. The van der Waals surface area contributed by atoms with Gasteiger partial charge in [-0.1, -0.05) is 36.4 Å². The van der Waals surface area contributed by atoms with E-state index in [-0.39, 0.29) is 6.04 Å². The van der Waals surface area contributed by atoms with E-state index < -0.39 is 11.8 Å². The van der Waals surface area contributed by atoms with Crippen LogP contribution in [-0.2, 0) is 27.3 Å². The van der Waals surface area contributed by atoms with E-state index in [0.29, 0.717) is 19.7 Å². The van der Waals surface area contributed by atoms with Crippen molar-refractivity contribution in [2.45, 2.75) is 19.0 Å². The monoisotopic (exact) mass is 425 g/mol. The molecule has 1 heterocycles. The number of amides is 2. The summed E-state index contributed by atoms with van der Waals surface area (Å²) in [7, 11) is 5.58. The number of quaternary nitrogens is 1. The molecule has 0 saturated heterocycles. The molecule has 166 valence electrons. The number of fused-ring (bicyclic) bond motifs is 1. The third-order valence-electron chi connectivity index (χ3n) is 5.82. The molecule has 0 radical (unpaired) electrons. The summed E-state index contributed by atoms with van der Waals surface area (Å²) < 4.78 is 4.91. The molecule has 0 saturated carbocycles. The van der Waals surface area contributed by atoms with Crippen molar-refractivity contribution in [2.24, 2.45) is 0 Å². The van der Waals surface area contributed by atoms with Gasteiger partial charge >= 0.3 is 11.8 Å². The van der Waals surface area contributed by atoms with E-state index in [1.165, 1.54) is 16.0 Å². The van der Waals surface area contributed by atoms with Gasteiger partial charge in [0.05, 0.1) is 19.7 Å². The van der Waals surface area contributed by atoms with Crippen molar-refractivity contribution in [1.29, 1.82) is 0 Å². The highest BCUT2D eigenvalue weighted by Crippen LogP contribution is 2.18. The fourth-order valence-electron chi connectivity index (χ4n) is 4.02. The van der Waals surface area contributed by atoms with E-state index in [9.17, 15) is 9.59 Å². The largest absolute Gasteiger partial charge is 0.383 e. The van der Waals surface area contributed by atoms with Crippen molar-refractivity contribution in [2.75, 3.05) is 52.3 Å². The zero-order chi connectivity index (χ0) is 22.2. The molecular formula is C24H33N4O3+. The number of anilines is 1. The summed E-state index contributed by atoms with van der Waals surface area (Å²) >= 11 is 0. The molecule has 0 bridgehead atoms. The normalized spacial score (nSPS) is 16.2. The molecule has 1 aliphatic rings. The Morgan fingerprint density at radius 1 is 1.03 bits per heavy atom. The van der Waals surface area contributed by atoms with Gasteiger partial charge in [-0.3, -0.25) is 9.59 Å². The summed E-state index contributed by atoms with van der Waals surface area (Å²) in [4.78, 5) is 27.8. The molecular weight excluding hydrogens is 392 g/mol. The molecule has 2 aromatic carbocycles. The summed E-state index contributed by atoms with van der Waals surface area (Å²) in [6.45, 7) is 2.96. The Kier molecular flexibility index (Phi) is 8.03. The van der Waals surface area contributed by atoms with E-state index >= 15 is 0 Å². The lowest BCUT2D eigenvalue weighted by molar-refractivity contribution is -0.945. The molecule has 2 atom stereocenters. The van der Waals surface area contributed by atoms with Crippen LogP contribution in [-0.4, -0.2) is 59.3 Å². The predicted molar refractivity (Wildman–Crippen MR) is 121 cm³/mol. The van der Waals surface area contributed by atoms with Crippen molar-refractivity contribution in [3.05, 3.63) is 65.2 Å². The maximum absolute atomic E-state index is 12.3. The highest BCUT2D eigenvalue weighted by molar-refractivity contribution is 6.35. The van der Waals surface area contributed by atoms with Crippen LogP contribution in [0.3, 0.4) is 0 Å². The minimum atomic E-state index is -0.627. The zero-order valence-electron chi connectivity index (χ0n) is 18.6. The summed E-state index contributed by atoms with van der Waals surface area (Å²) in [6, 6.07) is 17.0. The third kappa shape index (κ3) is 6.06. The smallest absolute Gasteiger partial charge is 0.309 e. The van der Waals surface area contributed by atoms with Crippen LogP contribution < -0.4 is 20.4 Å². The minimum Gasteiger partial charge on any atom is -0.383 e. The number of rotatable bonds is 8. The first-order valence-corrected chi connectivity index (χ1v) is 10.7. The number of nitrogens with zero attached hydrogens (tertiary/aromatic N) is 1. The molecule has 3 rings (SSSR count). The zero-order valence-corrected chi connectivity index (χ0v) is 18.6. The maximum Gasteiger partial charge on any atom is 0.309 e. The molecule has 0 aliphatic carbocycles. The number of carbonyl (C=O) groups is 2. The standard InChI is InChI=1S/C24H32N4O3/c1-27(2)21-10-8-19(9-11-21)22(16-26-24(30)23(29)25-13-15-31-3)28-14-12-18-6-4-5-7-20(18)17-28/h4-11,22H,12-17H2,1-3H3,(H,25,29)(H,26,30)/p+1/t22-/m1/s1. The summed E-state index contributed by atoms with van der Waals surface area (Å²) in [6.07, 6.45) is 1.00. The number of methoxy groups -OCH3 is 1. The van der Waals surface area contributed by atoms with Crippen molar-refractivity contribution in [3.63, 3.8) is 0 Å². The Bertz CT molecular complexity index is 883. The van der Waals surface area contributed by atoms with Crippen LogP contribution in [0.25, 0.3) is 0 Å². The van der Waals surface area contributed by atoms with Gasteiger partial charge in [-0.25, -0.2) is 0 Å². The maximum atomic E-state index is 12.3. The quantitative estimate of drug-likeness (QED) is 0.421. The number of carbonyl (C=O) groups excluding carboxylic acids is 2. The van der Waals surface area contributed by atoms with E-state index in [0.717, 1.165) is 30.8 Å². The number of hydrogen-bond acceptors (Lipinski definition) is 4. The predicted octanol–water partition coefficient (Wildman–Crippen LogP) is 0.314. The van der Waals surface area contributed by atoms with E-state index in [2.05, 4.69) is 64.1 Å². The molecule has 1 aliphatic heterocycles. The van der Waals surface area contributed by atoms with Gasteiger partial charge in [-0.2, -0.15) is 0 Å². The average molecular weight is 426 g/mol. The molecule has 0 aromatic heterocycles. The van der Waals surface area contributed by atoms with E-state index in [1.807, 2.05) is 14.1 Å². The first-order valence-electron chi connectivity index (χ1n) is 10.7. The average Bonchev–Trinajstić information content (AvgIpc) is 2.79. The SMILES string of the molecule is COCCNC(=O)C(=O)NC[C@H](c1ccc(N(C)C)cc1)[NH+]1CCc2ccccc2C1. The van der Waals surface area contributed by atoms with E-state index in [4.69, 9.17) is 4.74 Å². The van der Waals surface area contributed by atoms with Gasteiger partial charge in [0.1, 0.15) is 12.6 Å². The lowest BCUT2D eigenvalue weighted by atomic mass is 9.96. The molecule has 0 fully saturated rings. The number of benzene rings is 2. The van der Waals surface area contributed by atoms with Crippen molar-refractivity contribution in [3.8, 4) is 0 Å². The van der Waals surface area contributed by atoms with Crippen LogP contribution in [0.4, 0.5) is 5.69 Å². The minimum absolute atomic E-state index is 0.0558. The van der Waals surface area contributed by atoms with Crippen molar-refractivity contribution >= 4 is 17.5 Å². The lowest BCUT2D eigenvalue weighted by Crippen LogP contribution is -3.12.